The summed E-state index contributed by atoms with van der Waals surface area (Å²) in [4.78, 5) is 6.79. The van der Waals surface area contributed by atoms with Crippen molar-refractivity contribution in [2.24, 2.45) is 0 Å². The summed E-state index contributed by atoms with van der Waals surface area (Å²) in [5.74, 6) is 2.07. The van der Waals surface area contributed by atoms with Crippen molar-refractivity contribution in [2.75, 3.05) is 32.8 Å². The van der Waals surface area contributed by atoms with Crippen molar-refractivity contribution in [3.8, 4) is 5.75 Å². The number of H-pyrrole nitrogens is 1. The van der Waals surface area contributed by atoms with Gasteiger partial charge < -0.3 is 9.47 Å². The van der Waals surface area contributed by atoms with Gasteiger partial charge in [0.15, 0.2) is 5.82 Å². The number of hydrogen-bond donors (Lipinski definition) is 1. The minimum absolute atomic E-state index is 0.0756. The van der Waals surface area contributed by atoms with Gasteiger partial charge in [-0.2, -0.15) is 5.10 Å². The second-order valence-corrected chi connectivity index (χ2v) is 5.81. The normalized spacial score (nSPS) is 18.7. The minimum Gasteiger partial charge on any atom is -0.494 e. The Morgan fingerprint density at radius 1 is 1.38 bits per heavy atom. The number of nitrogens with one attached hydrogen (secondary N) is 1. The van der Waals surface area contributed by atoms with Gasteiger partial charge in [-0.25, -0.2) is 9.37 Å². The summed E-state index contributed by atoms with van der Waals surface area (Å²) in [5, 5.41) is 7.18. The second kappa shape index (κ2) is 8.21. The van der Waals surface area contributed by atoms with E-state index in [1.807, 2.05) is 6.92 Å². The zero-order valence-corrected chi connectivity index (χ0v) is 13.9. The maximum atomic E-state index is 12.8. The SMILES string of the molecule is CCc1nc([C@@H]2CN(CCCOc3ccc(F)cc3)CCO2)n[nH]1. The van der Waals surface area contributed by atoms with Gasteiger partial charge >= 0.3 is 0 Å². The van der Waals surface area contributed by atoms with E-state index < -0.39 is 0 Å². The van der Waals surface area contributed by atoms with Crippen LogP contribution < -0.4 is 4.74 Å². The quantitative estimate of drug-likeness (QED) is 0.788. The summed E-state index contributed by atoms with van der Waals surface area (Å²) in [7, 11) is 0. The van der Waals surface area contributed by atoms with Crippen molar-refractivity contribution in [3.05, 3.63) is 41.7 Å². The van der Waals surface area contributed by atoms with Gasteiger partial charge in [-0.3, -0.25) is 10.00 Å². The molecular weight excluding hydrogens is 311 g/mol. The average molecular weight is 334 g/mol. The van der Waals surface area contributed by atoms with Gasteiger partial charge in [0.05, 0.1) is 13.2 Å². The standard InChI is InChI=1S/C17H23FN4O2/c1-2-16-19-17(21-20-16)15-12-22(9-11-24-15)8-3-10-23-14-6-4-13(18)5-7-14/h4-7,15H,2-3,8-12H2,1H3,(H,19,20,21)/t15-/m0/s1. The van der Waals surface area contributed by atoms with Crippen LogP contribution in [0.25, 0.3) is 0 Å². The van der Waals surface area contributed by atoms with E-state index in [1.54, 1.807) is 12.1 Å². The number of benzene rings is 1. The van der Waals surface area contributed by atoms with Gasteiger partial charge in [0.25, 0.3) is 0 Å². The fourth-order valence-corrected chi connectivity index (χ4v) is 2.68. The van der Waals surface area contributed by atoms with Gasteiger partial charge in [0.2, 0.25) is 0 Å². The van der Waals surface area contributed by atoms with E-state index in [9.17, 15) is 4.39 Å². The maximum absolute atomic E-state index is 12.8. The Hall–Kier alpha value is -1.99. The number of ether oxygens (including phenoxy) is 2. The average Bonchev–Trinajstić information content (AvgIpc) is 3.10. The molecule has 1 saturated heterocycles. The Labute approximate surface area is 141 Å². The molecule has 0 amide bonds. The molecule has 0 saturated carbocycles. The second-order valence-electron chi connectivity index (χ2n) is 5.81. The molecule has 0 radical (unpaired) electrons. The van der Waals surface area contributed by atoms with Gasteiger partial charge in [-0.1, -0.05) is 6.92 Å². The highest BCUT2D eigenvalue weighted by Crippen LogP contribution is 2.19. The number of rotatable bonds is 7. The summed E-state index contributed by atoms with van der Waals surface area (Å²) in [6, 6.07) is 6.11. The van der Waals surface area contributed by atoms with Crippen LogP contribution in [0.1, 0.15) is 31.1 Å². The predicted octanol–water partition coefficient (Wildman–Crippen LogP) is 2.35. The van der Waals surface area contributed by atoms with Crippen LogP contribution in [0, 0.1) is 5.82 Å². The molecule has 0 unspecified atom stereocenters. The van der Waals surface area contributed by atoms with Crippen molar-refractivity contribution in [3.63, 3.8) is 0 Å². The fraction of sp³-hybridized carbons (Fsp3) is 0.529. The summed E-state index contributed by atoms with van der Waals surface area (Å²) in [5.41, 5.74) is 0. The molecule has 0 bridgehead atoms. The molecule has 1 fully saturated rings. The van der Waals surface area contributed by atoms with E-state index >= 15 is 0 Å². The van der Waals surface area contributed by atoms with Crippen molar-refractivity contribution in [1.82, 2.24) is 20.1 Å². The summed E-state index contributed by atoms with van der Waals surface area (Å²) in [6.07, 6.45) is 1.66. The molecule has 6 nitrogen and oxygen atoms in total. The Balaban J connectivity index is 1.41. The number of aromatic nitrogens is 3. The molecule has 0 spiro atoms. The first-order chi connectivity index (χ1) is 11.7. The molecular formula is C17H23FN4O2. The van der Waals surface area contributed by atoms with E-state index in [0.29, 0.717) is 19.0 Å². The van der Waals surface area contributed by atoms with Crippen LogP contribution in [0.15, 0.2) is 24.3 Å². The highest BCUT2D eigenvalue weighted by atomic mass is 19.1. The molecule has 2 heterocycles. The van der Waals surface area contributed by atoms with E-state index in [-0.39, 0.29) is 11.9 Å². The molecule has 1 aliphatic heterocycles. The predicted molar refractivity (Wildman–Crippen MR) is 87.4 cm³/mol. The molecule has 130 valence electrons. The summed E-state index contributed by atoms with van der Waals surface area (Å²) >= 11 is 0. The number of aryl methyl sites for hydroxylation is 1. The zero-order valence-electron chi connectivity index (χ0n) is 13.9. The van der Waals surface area contributed by atoms with Gasteiger partial charge in [-0.05, 0) is 30.7 Å². The molecule has 1 aromatic carbocycles. The number of morpholine rings is 1. The van der Waals surface area contributed by atoms with Gasteiger partial charge in [0, 0.05) is 26.1 Å². The van der Waals surface area contributed by atoms with Crippen LogP contribution in [0.3, 0.4) is 0 Å². The number of aromatic amines is 1. The molecule has 1 aliphatic rings. The van der Waals surface area contributed by atoms with Crippen molar-refractivity contribution < 1.29 is 13.9 Å². The topological polar surface area (TPSA) is 63.3 Å². The van der Waals surface area contributed by atoms with Crippen molar-refractivity contribution in [1.29, 1.82) is 0 Å². The van der Waals surface area contributed by atoms with Crippen LogP contribution in [0.4, 0.5) is 4.39 Å². The van der Waals surface area contributed by atoms with Crippen LogP contribution in [0.5, 0.6) is 5.75 Å². The van der Waals surface area contributed by atoms with Crippen LogP contribution in [-0.2, 0) is 11.2 Å². The Morgan fingerprint density at radius 3 is 2.96 bits per heavy atom. The number of halogens is 1. The van der Waals surface area contributed by atoms with Crippen LogP contribution in [-0.4, -0.2) is 52.9 Å². The molecule has 7 heteroatoms. The van der Waals surface area contributed by atoms with Crippen molar-refractivity contribution >= 4 is 0 Å². The van der Waals surface area contributed by atoms with Gasteiger partial charge in [-0.15, -0.1) is 0 Å². The minimum atomic E-state index is -0.250. The first kappa shape index (κ1) is 16.9. The van der Waals surface area contributed by atoms with Crippen LogP contribution in [0.2, 0.25) is 0 Å². The molecule has 0 aliphatic carbocycles. The van der Waals surface area contributed by atoms with E-state index in [1.165, 1.54) is 12.1 Å². The molecule has 1 atom stereocenters. The molecule has 3 rings (SSSR count). The Morgan fingerprint density at radius 2 is 2.21 bits per heavy atom. The van der Waals surface area contributed by atoms with Crippen LogP contribution >= 0.6 is 0 Å². The third-order valence-corrected chi connectivity index (χ3v) is 4.02. The lowest BCUT2D eigenvalue weighted by atomic mass is 10.2. The largest absolute Gasteiger partial charge is 0.494 e. The summed E-state index contributed by atoms with van der Waals surface area (Å²) in [6.45, 7) is 5.94. The lowest BCUT2D eigenvalue weighted by Crippen LogP contribution is -2.39. The van der Waals surface area contributed by atoms with Crippen molar-refractivity contribution in [2.45, 2.75) is 25.9 Å². The third-order valence-electron chi connectivity index (χ3n) is 4.02. The zero-order chi connectivity index (χ0) is 16.8. The molecule has 1 aromatic heterocycles. The fourth-order valence-electron chi connectivity index (χ4n) is 2.68. The first-order valence-electron chi connectivity index (χ1n) is 8.38. The third kappa shape index (κ3) is 4.52. The highest BCUT2D eigenvalue weighted by Gasteiger charge is 2.24. The monoisotopic (exact) mass is 334 g/mol. The molecule has 24 heavy (non-hydrogen) atoms. The Kier molecular flexibility index (Phi) is 5.77. The number of nitrogens with zero attached hydrogens (tertiary/aromatic N) is 3. The van der Waals surface area contributed by atoms with E-state index in [2.05, 4.69) is 20.1 Å². The number of hydrogen-bond acceptors (Lipinski definition) is 5. The van der Waals surface area contributed by atoms with E-state index in [0.717, 1.165) is 44.1 Å². The lowest BCUT2D eigenvalue weighted by Gasteiger charge is -2.31. The molecule has 2 aromatic rings. The molecule has 1 N–H and O–H groups in total. The smallest absolute Gasteiger partial charge is 0.180 e. The lowest BCUT2D eigenvalue weighted by molar-refractivity contribution is -0.0351. The summed E-state index contributed by atoms with van der Waals surface area (Å²) < 4.78 is 24.2. The Bertz CT molecular complexity index is 632. The maximum Gasteiger partial charge on any atom is 0.180 e. The first-order valence-corrected chi connectivity index (χ1v) is 8.38. The van der Waals surface area contributed by atoms with E-state index in [4.69, 9.17) is 9.47 Å². The van der Waals surface area contributed by atoms with Gasteiger partial charge in [0.1, 0.15) is 23.5 Å². The highest BCUT2D eigenvalue weighted by molar-refractivity contribution is 5.21.